The molecule has 0 aliphatic carbocycles. The number of hydrogen-bond acceptors (Lipinski definition) is 2. The van der Waals surface area contributed by atoms with Crippen LogP contribution in [0.1, 0.15) is 5.56 Å². The molecular formula is C15H16INS. The number of rotatable bonds is 5. The first-order valence-electron chi connectivity index (χ1n) is 5.93. The van der Waals surface area contributed by atoms with Gasteiger partial charge in [0.05, 0.1) is 0 Å². The molecule has 2 aromatic rings. The van der Waals surface area contributed by atoms with Crippen molar-refractivity contribution in [1.29, 1.82) is 0 Å². The van der Waals surface area contributed by atoms with Gasteiger partial charge in [0, 0.05) is 26.5 Å². The van der Waals surface area contributed by atoms with Crippen molar-refractivity contribution >= 4 is 40.0 Å². The molecule has 1 nitrogen and oxygen atoms in total. The van der Waals surface area contributed by atoms with Gasteiger partial charge in [-0.1, -0.05) is 24.3 Å². The van der Waals surface area contributed by atoms with Crippen LogP contribution in [-0.4, -0.2) is 12.3 Å². The molecule has 2 rings (SSSR count). The Morgan fingerprint density at radius 2 is 1.89 bits per heavy atom. The summed E-state index contributed by atoms with van der Waals surface area (Å²) in [6.07, 6.45) is 0. The van der Waals surface area contributed by atoms with Crippen LogP contribution < -0.4 is 5.32 Å². The van der Waals surface area contributed by atoms with Gasteiger partial charge in [-0.3, -0.25) is 0 Å². The zero-order chi connectivity index (χ0) is 12.8. The number of thioether (sulfide) groups is 1. The summed E-state index contributed by atoms with van der Waals surface area (Å²) < 4.78 is 1.31. The Hall–Kier alpha value is -0.680. The second-order valence-electron chi connectivity index (χ2n) is 4.05. The Kier molecular flexibility index (Phi) is 5.38. The predicted octanol–water partition coefficient (Wildman–Crippen LogP) is 4.80. The summed E-state index contributed by atoms with van der Waals surface area (Å²) in [5.74, 6) is 1.08. The van der Waals surface area contributed by atoms with E-state index in [1.807, 2.05) is 11.8 Å². The maximum absolute atomic E-state index is 3.46. The number of aryl methyl sites for hydroxylation is 1. The summed E-state index contributed by atoms with van der Waals surface area (Å²) in [5.41, 5.74) is 2.54. The van der Waals surface area contributed by atoms with Gasteiger partial charge in [0.2, 0.25) is 0 Å². The lowest BCUT2D eigenvalue weighted by Crippen LogP contribution is -2.04. The minimum absolute atomic E-state index is 0.985. The average Bonchev–Trinajstić information content (AvgIpc) is 2.40. The standard InChI is InChI=1S/C15H16INS/c1-12-7-8-13(11-15(12)16)17-9-10-18-14-5-3-2-4-6-14/h2-8,11,17H,9-10H2,1H3. The van der Waals surface area contributed by atoms with Gasteiger partial charge in [-0.05, 0) is 59.3 Å². The molecule has 94 valence electrons. The smallest absolute Gasteiger partial charge is 0.0351 e. The lowest BCUT2D eigenvalue weighted by Gasteiger charge is -2.08. The third-order valence-corrected chi connectivity index (χ3v) is 4.79. The lowest BCUT2D eigenvalue weighted by molar-refractivity contribution is 1.22. The van der Waals surface area contributed by atoms with E-state index in [1.165, 1.54) is 19.7 Å². The van der Waals surface area contributed by atoms with Crippen molar-refractivity contribution in [3.05, 3.63) is 57.7 Å². The molecule has 18 heavy (non-hydrogen) atoms. The zero-order valence-electron chi connectivity index (χ0n) is 10.3. The van der Waals surface area contributed by atoms with Gasteiger partial charge >= 0.3 is 0 Å². The molecule has 0 atom stereocenters. The molecule has 2 aromatic carbocycles. The fourth-order valence-corrected chi connectivity index (χ4v) is 2.89. The second kappa shape index (κ2) is 7.04. The minimum atomic E-state index is 0.985. The highest BCUT2D eigenvalue weighted by molar-refractivity contribution is 14.1. The van der Waals surface area contributed by atoms with Gasteiger partial charge < -0.3 is 5.32 Å². The SMILES string of the molecule is Cc1ccc(NCCSc2ccccc2)cc1I. The summed E-state index contributed by atoms with van der Waals surface area (Å²) in [5, 5.41) is 3.46. The van der Waals surface area contributed by atoms with E-state index in [2.05, 4.69) is 83.4 Å². The van der Waals surface area contributed by atoms with Crippen molar-refractivity contribution in [2.24, 2.45) is 0 Å². The van der Waals surface area contributed by atoms with Crippen LogP contribution in [0.5, 0.6) is 0 Å². The lowest BCUT2D eigenvalue weighted by atomic mass is 10.2. The molecule has 0 radical (unpaired) electrons. The third-order valence-electron chi connectivity index (χ3n) is 2.61. The van der Waals surface area contributed by atoms with Crippen LogP contribution in [0.4, 0.5) is 5.69 Å². The molecule has 0 aromatic heterocycles. The number of nitrogens with one attached hydrogen (secondary N) is 1. The van der Waals surface area contributed by atoms with E-state index in [9.17, 15) is 0 Å². The summed E-state index contributed by atoms with van der Waals surface area (Å²) in [4.78, 5) is 1.33. The van der Waals surface area contributed by atoms with Crippen molar-refractivity contribution in [3.63, 3.8) is 0 Å². The van der Waals surface area contributed by atoms with Crippen molar-refractivity contribution in [1.82, 2.24) is 0 Å². The molecule has 0 saturated carbocycles. The molecule has 0 spiro atoms. The fraction of sp³-hybridized carbons (Fsp3) is 0.200. The molecule has 0 aliphatic rings. The Bertz CT molecular complexity index is 499. The Morgan fingerprint density at radius 3 is 2.61 bits per heavy atom. The van der Waals surface area contributed by atoms with E-state index in [4.69, 9.17) is 0 Å². The molecule has 0 unspecified atom stereocenters. The van der Waals surface area contributed by atoms with E-state index in [0.717, 1.165) is 12.3 Å². The number of benzene rings is 2. The first-order chi connectivity index (χ1) is 8.75. The zero-order valence-corrected chi connectivity index (χ0v) is 13.3. The normalized spacial score (nSPS) is 10.3. The molecule has 0 fully saturated rings. The van der Waals surface area contributed by atoms with Gasteiger partial charge in [0.25, 0.3) is 0 Å². The topological polar surface area (TPSA) is 12.0 Å². The molecule has 1 N–H and O–H groups in total. The van der Waals surface area contributed by atoms with Crippen LogP contribution in [0, 0.1) is 10.5 Å². The summed E-state index contributed by atoms with van der Waals surface area (Å²) in [6.45, 7) is 3.12. The van der Waals surface area contributed by atoms with E-state index < -0.39 is 0 Å². The Labute approximate surface area is 127 Å². The second-order valence-corrected chi connectivity index (χ2v) is 6.38. The van der Waals surface area contributed by atoms with Crippen LogP contribution in [0.15, 0.2) is 53.4 Å². The highest BCUT2D eigenvalue weighted by Gasteiger charge is 1.97. The molecule has 3 heteroatoms. The first-order valence-corrected chi connectivity index (χ1v) is 8.00. The van der Waals surface area contributed by atoms with Gasteiger partial charge in [-0.2, -0.15) is 0 Å². The molecule has 0 saturated heterocycles. The highest BCUT2D eigenvalue weighted by atomic mass is 127. The Balaban J connectivity index is 1.77. The van der Waals surface area contributed by atoms with Gasteiger partial charge in [0.1, 0.15) is 0 Å². The number of anilines is 1. The van der Waals surface area contributed by atoms with E-state index in [-0.39, 0.29) is 0 Å². The maximum Gasteiger partial charge on any atom is 0.0351 e. The van der Waals surface area contributed by atoms with Crippen LogP contribution in [0.2, 0.25) is 0 Å². The van der Waals surface area contributed by atoms with Crippen LogP contribution >= 0.6 is 34.4 Å². The molecule has 0 aliphatic heterocycles. The van der Waals surface area contributed by atoms with Gasteiger partial charge in [0.15, 0.2) is 0 Å². The Morgan fingerprint density at radius 1 is 1.11 bits per heavy atom. The van der Waals surface area contributed by atoms with Crippen molar-refractivity contribution in [2.45, 2.75) is 11.8 Å². The van der Waals surface area contributed by atoms with Crippen molar-refractivity contribution < 1.29 is 0 Å². The van der Waals surface area contributed by atoms with E-state index in [1.54, 1.807) is 0 Å². The van der Waals surface area contributed by atoms with Crippen molar-refractivity contribution in [2.75, 3.05) is 17.6 Å². The quantitative estimate of drug-likeness (QED) is 0.462. The maximum atomic E-state index is 3.46. The van der Waals surface area contributed by atoms with Gasteiger partial charge in [-0.15, -0.1) is 11.8 Å². The molecule has 0 amide bonds. The molecular weight excluding hydrogens is 353 g/mol. The molecule has 0 heterocycles. The van der Waals surface area contributed by atoms with Crippen LogP contribution in [0.25, 0.3) is 0 Å². The minimum Gasteiger partial charge on any atom is -0.384 e. The van der Waals surface area contributed by atoms with Gasteiger partial charge in [-0.25, -0.2) is 0 Å². The number of hydrogen-bond donors (Lipinski definition) is 1. The van der Waals surface area contributed by atoms with Crippen LogP contribution in [0.3, 0.4) is 0 Å². The summed E-state index contributed by atoms with van der Waals surface area (Å²) in [6, 6.07) is 17.0. The monoisotopic (exact) mass is 369 g/mol. The molecule has 0 bridgehead atoms. The predicted molar refractivity (Wildman–Crippen MR) is 89.6 cm³/mol. The fourth-order valence-electron chi connectivity index (χ4n) is 1.58. The van der Waals surface area contributed by atoms with E-state index >= 15 is 0 Å². The third kappa shape index (κ3) is 4.21. The largest absolute Gasteiger partial charge is 0.384 e. The highest BCUT2D eigenvalue weighted by Crippen LogP contribution is 2.19. The first kappa shape index (κ1) is 13.7. The van der Waals surface area contributed by atoms with Crippen LogP contribution in [-0.2, 0) is 0 Å². The van der Waals surface area contributed by atoms with Crippen molar-refractivity contribution in [3.8, 4) is 0 Å². The summed E-state index contributed by atoms with van der Waals surface area (Å²) >= 11 is 4.26. The summed E-state index contributed by atoms with van der Waals surface area (Å²) in [7, 11) is 0. The average molecular weight is 369 g/mol. The number of halogens is 1. The van der Waals surface area contributed by atoms with E-state index in [0.29, 0.717) is 0 Å².